The van der Waals surface area contributed by atoms with Gasteiger partial charge in [0, 0.05) is 5.38 Å². The van der Waals surface area contributed by atoms with Crippen LogP contribution >= 0.6 is 11.3 Å². The Balaban J connectivity index is 1.97. The first-order valence-electron chi connectivity index (χ1n) is 6.88. The fourth-order valence-electron chi connectivity index (χ4n) is 2.15. The van der Waals surface area contributed by atoms with Gasteiger partial charge < -0.3 is 9.31 Å². The topological polar surface area (TPSA) is 57.1 Å². The fourth-order valence-corrected chi connectivity index (χ4v) is 2.69. The standard InChI is InChI=1S/C14H18BN3O2S/c1-9-17-10(11-7-21-8-16-11)6-12(18-9)15-19-13(2,3)14(4,5)20-15/h6-8H,1-5H3. The van der Waals surface area contributed by atoms with E-state index in [-0.39, 0.29) is 11.2 Å². The van der Waals surface area contributed by atoms with E-state index in [0.717, 1.165) is 17.0 Å². The Morgan fingerprint density at radius 3 is 2.29 bits per heavy atom. The van der Waals surface area contributed by atoms with Crippen molar-refractivity contribution in [2.75, 3.05) is 0 Å². The van der Waals surface area contributed by atoms with Gasteiger partial charge in [0.1, 0.15) is 5.82 Å². The van der Waals surface area contributed by atoms with Gasteiger partial charge in [-0.2, -0.15) is 0 Å². The van der Waals surface area contributed by atoms with Crippen molar-refractivity contribution in [1.29, 1.82) is 0 Å². The minimum Gasteiger partial charge on any atom is -0.398 e. The van der Waals surface area contributed by atoms with Crippen molar-refractivity contribution in [1.82, 2.24) is 15.0 Å². The zero-order chi connectivity index (χ0) is 15.3. The van der Waals surface area contributed by atoms with E-state index >= 15 is 0 Å². The molecule has 0 spiro atoms. The fraction of sp³-hybridized carbons (Fsp3) is 0.500. The number of thiazole rings is 1. The Kier molecular flexibility index (Phi) is 3.39. The summed E-state index contributed by atoms with van der Waals surface area (Å²) in [5.41, 5.74) is 3.43. The second kappa shape index (κ2) is 4.86. The number of hydrogen-bond donors (Lipinski definition) is 0. The number of aromatic nitrogens is 3. The molecule has 2 aromatic heterocycles. The van der Waals surface area contributed by atoms with Crippen LogP contribution < -0.4 is 5.59 Å². The molecule has 5 nitrogen and oxygen atoms in total. The Morgan fingerprint density at radius 1 is 1.05 bits per heavy atom. The number of rotatable bonds is 2. The van der Waals surface area contributed by atoms with Crippen LogP contribution in [0.15, 0.2) is 17.0 Å². The summed E-state index contributed by atoms with van der Waals surface area (Å²) in [6.07, 6.45) is 0. The first-order chi connectivity index (χ1) is 9.78. The predicted molar refractivity (Wildman–Crippen MR) is 83.6 cm³/mol. The molecule has 0 atom stereocenters. The number of aryl methyl sites for hydroxylation is 1. The highest BCUT2D eigenvalue weighted by molar-refractivity contribution is 7.07. The average molecular weight is 303 g/mol. The van der Waals surface area contributed by atoms with Crippen LogP contribution in [0.3, 0.4) is 0 Å². The van der Waals surface area contributed by atoms with E-state index in [1.54, 1.807) is 16.8 Å². The summed E-state index contributed by atoms with van der Waals surface area (Å²) in [6.45, 7) is 9.99. The summed E-state index contributed by atoms with van der Waals surface area (Å²) in [5, 5.41) is 1.97. The lowest BCUT2D eigenvalue weighted by atomic mass is 9.84. The molecule has 1 aliphatic rings. The molecular formula is C14H18BN3O2S. The number of hydrogen-bond acceptors (Lipinski definition) is 6. The lowest BCUT2D eigenvalue weighted by Crippen LogP contribution is -2.41. The zero-order valence-electron chi connectivity index (χ0n) is 12.9. The molecule has 0 bridgehead atoms. The third-order valence-electron chi connectivity index (χ3n) is 4.05. The predicted octanol–water partition coefficient (Wildman–Crippen LogP) is 2.21. The third kappa shape index (κ3) is 2.61. The van der Waals surface area contributed by atoms with Crippen LogP contribution in [0.4, 0.5) is 0 Å². The molecule has 3 rings (SSSR count). The van der Waals surface area contributed by atoms with Crippen molar-refractivity contribution in [2.24, 2.45) is 0 Å². The highest BCUT2D eigenvalue weighted by Gasteiger charge is 2.52. The summed E-state index contributed by atoms with van der Waals surface area (Å²) >= 11 is 1.54. The second-order valence-electron chi connectivity index (χ2n) is 6.19. The summed E-state index contributed by atoms with van der Waals surface area (Å²) < 4.78 is 12.1. The van der Waals surface area contributed by atoms with Gasteiger partial charge in [0.2, 0.25) is 0 Å². The van der Waals surface area contributed by atoms with Gasteiger partial charge >= 0.3 is 7.12 Å². The van der Waals surface area contributed by atoms with Crippen LogP contribution in [0.5, 0.6) is 0 Å². The second-order valence-corrected chi connectivity index (χ2v) is 6.91. The van der Waals surface area contributed by atoms with Crippen LogP contribution in [-0.4, -0.2) is 33.3 Å². The van der Waals surface area contributed by atoms with Gasteiger partial charge in [0.15, 0.2) is 0 Å². The maximum Gasteiger partial charge on any atom is 0.514 e. The van der Waals surface area contributed by atoms with Crippen LogP contribution in [0.1, 0.15) is 33.5 Å². The normalized spacial score (nSPS) is 20.0. The molecular weight excluding hydrogens is 285 g/mol. The van der Waals surface area contributed by atoms with E-state index in [2.05, 4.69) is 15.0 Å². The van der Waals surface area contributed by atoms with Crippen LogP contribution in [-0.2, 0) is 9.31 Å². The first kappa shape index (κ1) is 14.6. The van der Waals surface area contributed by atoms with Gasteiger partial charge in [-0.05, 0) is 40.7 Å². The van der Waals surface area contributed by atoms with E-state index in [4.69, 9.17) is 9.31 Å². The molecule has 110 valence electrons. The Hall–Kier alpha value is -1.31. The van der Waals surface area contributed by atoms with E-state index in [1.807, 2.05) is 46.1 Å². The number of nitrogens with zero attached hydrogens (tertiary/aromatic N) is 3. The Labute approximate surface area is 128 Å². The van der Waals surface area contributed by atoms with Gasteiger partial charge in [0.05, 0.1) is 33.7 Å². The van der Waals surface area contributed by atoms with Crippen molar-refractivity contribution in [3.05, 3.63) is 22.8 Å². The van der Waals surface area contributed by atoms with Gasteiger partial charge in [-0.25, -0.2) is 15.0 Å². The molecule has 0 amide bonds. The van der Waals surface area contributed by atoms with Crippen molar-refractivity contribution in [3.63, 3.8) is 0 Å². The summed E-state index contributed by atoms with van der Waals surface area (Å²) in [4.78, 5) is 13.2. The van der Waals surface area contributed by atoms with Crippen molar-refractivity contribution in [3.8, 4) is 11.4 Å². The van der Waals surface area contributed by atoms with Crippen LogP contribution in [0, 0.1) is 6.92 Å². The largest absolute Gasteiger partial charge is 0.514 e. The van der Waals surface area contributed by atoms with Crippen LogP contribution in [0.2, 0.25) is 0 Å². The maximum absolute atomic E-state index is 6.05. The van der Waals surface area contributed by atoms with E-state index in [1.165, 1.54) is 0 Å². The third-order valence-corrected chi connectivity index (χ3v) is 4.63. The molecule has 0 aliphatic carbocycles. The monoisotopic (exact) mass is 303 g/mol. The highest BCUT2D eigenvalue weighted by Crippen LogP contribution is 2.36. The quantitative estimate of drug-likeness (QED) is 0.796. The molecule has 7 heteroatoms. The lowest BCUT2D eigenvalue weighted by molar-refractivity contribution is 0.00578. The summed E-state index contributed by atoms with van der Waals surface area (Å²) in [6, 6.07) is 1.89. The minimum atomic E-state index is -0.478. The summed E-state index contributed by atoms with van der Waals surface area (Å²) in [7, 11) is -0.478. The van der Waals surface area contributed by atoms with Gasteiger partial charge in [-0.15, -0.1) is 11.3 Å². The molecule has 0 saturated carbocycles. The molecule has 2 aromatic rings. The molecule has 0 radical (unpaired) electrons. The van der Waals surface area contributed by atoms with Gasteiger partial charge in [0.25, 0.3) is 0 Å². The molecule has 1 saturated heterocycles. The van der Waals surface area contributed by atoms with Crippen molar-refractivity contribution >= 4 is 24.0 Å². The van der Waals surface area contributed by atoms with E-state index in [0.29, 0.717) is 5.82 Å². The molecule has 1 fully saturated rings. The van der Waals surface area contributed by atoms with E-state index < -0.39 is 7.12 Å². The van der Waals surface area contributed by atoms with Gasteiger partial charge in [-0.1, -0.05) is 0 Å². The smallest absolute Gasteiger partial charge is 0.398 e. The lowest BCUT2D eigenvalue weighted by Gasteiger charge is -2.32. The first-order valence-corrected chi connectivity index (χ1v) is 7.82. The molecule has 21 heavy (non-hydrogen) atoms. The van der Waals surface area contributed by atoms with Gasteiger partial charge in [-0.3, -0.25) is 0 Å². The highest BCUT2D eigenvalue weighted by atomic mass is 32.1. The molecule has 3 heterocycles. The Bertz CT molecular complexity index is 642. The van der Waals surface area contributed by atoms with E-state index in [9.17, 15) is 0 Å². The Morgan fingerprint density at radius 2 is 1.71 bits per heavy atom. The minimum absolute atomic E-state index is 0.378. The SMILES string of the molecule is Cc1nc(B2OC(C)(C)C(C)(C)O2)cc(-c2cscn2)n1. The molecule has 0 aromatic carbocycles. The average Bonchev–Trinajstić information content (AvgIpc) is 2.96. The maximum atomic E-state index is 6.05. The molecule has 0 unspecified atom stereocenters. The van der Waals surface area contributed by atoms with Crippen molar-refractivity contribution < 1.29 is 9.31 Å². The molecule has 0 N–H and O–H groups in total. The summed E-state index contributed by atoms with van der Waals surface area (Å²) in [5.74, 6) is 0.685. The molecule has 1 aliphatic heterocycles. The van der Waals surface area contributed by atoms with Crippen LogP contribution in [0.25, 0.3) is 11.4 Å². The van der Waals surface area contributed by atoms with Crippen molar-refractivity contribution in [2.45, 2.75) is 45.8 Å². The zero-order valence-corrected chi connectivity index (χ0v) is 13.7.